The van der Waals surface area contributed by atoms with Gasteiger partial charge in [-0.3, -0.25) is 4.79 Å². The molecule has 0 spiro atoms. The molecule has 2 fully saturated rings. The normalized spacial score (nSPS) is 37.1. The van der Waals surface area contributed by atoms with E-state index in [0.29, 0.717) is 11.9 Å². The highest BCUT2D eigenvalue weighted by atomic mass is 16.1. The van der Waals surface area contributed by atoms with Gasteiger partial charge in [-0.05, 0) is 57.0 Å². The van der Waals surface area contributed by atoms with Crippen LogP contribution in [0.15, 0.2) is 12.2 Å². The number of amides is 1. The molecule has 1 amide bonds. The Morgan fingerprint density at radius 3 is 2.35 bits per heavy atom. The molecule has 1 saturated heterocycles. The molecule has 2 bridgehead atoms. The van der Waals surface area contributed by atoms with Crippen LogP contribution in [0.25, 0.3) is 0 Å². The number of nitrogens with one attached hydrogen (secondary N) is 2. The van der Waals surface area contributed by atoms with E-state index in [2.05, 4.69) is 22.8 Å². The largest absolute Gasteiger partial charge is 0.353 e. The molecular weight excluding hydrogens is 212 g/mol. The third-order valence-electron chi connectivity index (χ3n) is 4.49. The van der Waals surface area contributed by atoms with Crippen LogP contribution in [0.2, 0.25) is 0 Å². The van der Waals surface area contributed by atoms with E-state index >= 15 is 0 Å². The third kappa shape index (κ3) is 2.54. The quantitative estimate of drug-likeness (QED) is 0.710. The van der Waals surface area contributed by atoms with Crippen molar-refractivity contribution in [3.8, 4) is 0 Å². The van der Waals surface area contributed by atoms with E-state index in [4.69, 9.17) is 0 Å². The summed E-state index contributed by atoms with van der Waals surface area (Å²) in [5.74, 6) is 2.07. The van der Waals surface area contributed by atoms with E-state index in [9.17, 15) is 4.79 Å². The van der Waals surface area contributed by atoms with Crippen LogP contribution < -0.4 is 10.6 Å². The van der Waals surface area contributed by atoms with Crippen molar-refractivity contribution in [3.63, 3.8) is 0 Å². The molecule has 3 heteroatoms. The van der Waals surface area contributed by atoms with Crippen LogP contribution in [0, 0.1) is 17.8 Å². The molecule has 3 nitrogen and oxygen atoms in total. The highest BCUT2D eigenvalue weighted by Gasteiger charge is 2.35. The predicted octanol–water partition coefficient (Wildman–Crippen LogP) is 1.46. The van der Waals surface area contributed by atoms with Gasteiger partial charge in [0.25, 0.3) is 0 Å². The van der Waals surface area contributed by atoms with E-state index in [1.807, 2.05) is 0 Å². The Balaban J connectivity index is 1.54. The molecule has 17 heavy (non-hydrogen) atoms. The number of hydrogen-bond acceptors (Lipinski definition) is 2. The van der Waals surface area contributed by atoms with E-state index in [1.54, 1.807) is 0 Å². The maximum atomic E-state index is 12.2. The number of carbonyl (C=O) groups is 1. The Labute approximate surface area is 103 Å². The highest BCUT2D eigenvalue weighted by molar-refractivity contribution is 5.79. The van der Waals surface area contributed by atoms with Gasteiger partial charge in [-0.25, -0.2) is 0 Å². The Bertz CT molecular complexity index is 306. The summed E-state index contributed by atoms with van der Waals surface area (Å²) in [6.45, 7) is 2.23. The summed E-state index contributed by atoms with van der Waals surface area (Å²) < 4.78 is 0. The van der Waals surface area contributed by atoms with E-state index in [-0.39, 0.29) is 5.92 Å². The minimum Gasteiger partial charge on any atom is -0.353 e. The van der Waals surface area contributed by atoms with Crippen LogP contribution in [0.3, 0.4) is 0 Å². The summed E-state index contributed by atoms with van der Waals surface area (Å²) in [6.07, 6.45) is 9.90. The summed E-state index contributed by atoms with van der Waals surface area (Å²) in [5.41, 5.74) is 0. The zero-order valence-corrected chi connectivity index (χ0v) is 10.3. The fraction of sp³-hybridized carbons (Fsp3) is 0.786. The molecule has 1 saturated carbocycles. The molecule has 2 atom stereocenters. The van der Waals surface area contributed by atoms with E-state index in [1.165, 1.54) is 6.42 Å². The summed E-state index contributed by atoms with van der Waals surface area (Å²) in [4.78, 5) is 12.2. The number of piperidine rings is 1. The first-order valence-electron chi connectivity index (χ1n) is 6.97. The molecule has 0 aromatic heterocycles. The van der Waals surface area contributed by atoms with E-state index < -0.39 is 0 Å². The zero-order chi connectivity index (χ0) is 11.7. The van der Waals surface area contributed by atoms with Crippen LogP contribution in [0.5, 0.6) is 0 Å². The molecule has 1 heterocycles. The van der Waals surface area contributed by atoms with Gasteiger partial charge in [0.2, 0.25) is 5.91 Å². The maximum Gasteiger partial charge on any atom is 0.223 e. The first-order valence-corrected chi connectivity index (χ1v) is 6.97. The Kier molecular flexibility index (Phi) is 3.19. The molecule has 1 aliphatic heterocycles. The molecule has 2 N–H and O–H groups in total. The Morgan fingerprint density at radius 1 is 1.06 bits per heavy atom. The number of rotatable bonds is 2. The van der Waals surface area contributed by atoms with Crippen molar-refractivity contribution in [1.29, 1.82) is 0 Å². The average molecular weight is 234 g/mol. The van der Waals surface area contributed by atoms with Gasteiger partial charge in [0.15, 0.2) is 0 Å². The smallest absolute Gasteiger partial charge is 0.223 e. The van der Waals surface area contributed by atoms with Crippen molar-refractivity contribution in [3.05, 3.63) is 12.2 Å². The Morgan fingerprint density at radius 2 is 1.71 bits per heavy atom. The van der Waals surface area contributed by atoms with Crippen molar-refractivity contribution >= 4 is 5.91 Å². The number of fused-ring (bicyclic) bond motifs is 2. The van der Waals surface area contributed by atoms with Gasteiger partial charge in [0.1, 0.15) is 0 Å². The van der Waals surface area contributed by atoms with Gasteiger partial charge < -0.3 is 10.6 Å². The monoisotopic (exact) mass is 234 g/mol. The van der Waals surface area contributed by atoms with Crippen molar-refractivity contribution in [2.24, 2.45) is 17.8 Å². The van der Waals surface area contributed by atoms with Crippen LogP contribution in [0.4, 0.5) is 0 Å². The average Bonchev–Trinajstić information content (AvgIpc) is 2.81. The Hall–Kier alpha value is -0.830. The van der Waals surface area contributed by atoms with Crippen LogP contribution in [0.1, 0.15) is 32.1 Å². The molecular formula is C14H22N2O. The third-order valence-corrected chi connectivity index (χ3v) is 4.49. The summed E-state index contributed by atoms with van der Waals surface area (Å²) >= 11 is 0. The lowest BCUT2D eigenvalue weighted by atomic mass is 9.72. The van der Waals surface area contributed by atoms with Gasteiger partial charge in [0.05, 0.1) is 0 Å². The fourth-order valence-electron chi connectivity index (χ4n) is 3.66. The first-order chi connectivity index (χ1) is 8.31. The van der Waals surface area contributed by atoms with Gasteiger partial charge >= 0.3 is 0 Å². The highest BCUT2D eigenvalue weighted by Crippen LogP contribution is 2.35. The van der Waals surface area contributed by atoms with Gasteiger partial charge in [-0.2, -0.15) is 0 Å². The molecule has 3 rings (SSSR count). The second-order valence-electron chi connectivity index (χ2n) is 5.94. The van der Waals surface area contributed by atoms with Crippen molar-refractivity contribution < 1.29 is 4.79 Å². The molecule has 0 radical (unpaired) electrons. The molecule has 2 aliphatic carbocycles. The lowest BCUT2D eigenvalue weighted by Crippen LogP contribution is -2.46. The summed E-state index contributed by atoms with van der Waals surface area (Å²) in [7, 11) is 0. The molecule has 3 aliphatic rings. The number of carbonyl (C=O) groups excluding carboxylic acids is 1. The first kappa shape index (κ1) is 11.3. The van der Waals surface area contributed by atoms with Crippen LogP contribution >= 0.6 is 0 Å². The van der Waals surface area contributed by atoms with Crippen molar-refractivity contribution in [2.45, 2.75) is 38.1 Å². The van der Waals surface area contributed by atoms with Gasteiger partial charge in [0, 0.05) is 12.0 Å². The second-order valence-corrected chi connectivity index (χ2v) is 5.94. The van der Waals surface area contributed by atoms with Gasteiger partial charge in [-0.15, -0.1) is 0 Å². The van der Waals surface area contributed by atoms with Crippen LogP contribution in [-0.2, 0) is 4.79 Å². The zero-order valence-electron chi connectivity index (χ0n) is 10.3. The standard InChI is InChI=1S/C14H22N2O/c17-14(16-13-3-1-2-4-13)12-6-10-5-11(7-12)9-15-8-10/h1-2,10-13,15H,3-9H2,(H,16,17). The van der Waals surface area contributed by atoms with Crippen molar-refractivity contribution in [1.82, 2.24) is 10.6 Å². The molecule has 94 valence electrons. The van der Waals surface area contributed by atoms with Crippen LogP contribution in [-0.4, -0.2) is 25.0 Å². The molecule has 2 unspecified atom stereocenters. The van der Waals surface area contributed by atoms with Gasteiger partial charge in [-0.1, -0.05) is 12.2 Å². The fourth-order valence-corrected chi connectivity index (χ4v) is 3.66. The van der Waals surface area contributed by atoms with Crippen molar-refractivity contribution in [2.75, 3.05) is 13.1 Å². The second kappa shape index (κ2) is 4.81. The van der Waals surface area contributed by atoms with E-state index in [0.717, 1.165) is 50.6 Å². The topological polar surface area (TPSA) is 41.1 Å². The lowest BCUT2D eigenvalue weighted by Gasteiger charge is -2.39. The maximum absolute atomic E-state index is 12.2. The number of hydrogen-bond donors (Lipinski definition) is 2. The minimum absolute atomic E-state index is 0.279. The predicted molar refractivity (Wildman–Crippen MR) is 67.5 cm³/mol. The molecule has 0 aromatic carbocycles. The summed E-state index contributed by atoms with van der Waals surface area (Å²) in [6, 6.07) is 0.377. The minimum atomic E-state index is 0.279. The molecule has 0 aromatic rings. The summed E-state index contributed by atoms with van der Waals surface area (Å²) in [5, 5.41) is 6.69. The lowest BCUT2D eigenvalue weighted by molar-refractivity contribution is -0.128. The SMILES string of the molecule is O=C(NC1CC=CC1)C1CC2CNCC(C2)C1.